The highest BCUT2D eigenvalue weighted by molar-refractivity contribution is 7.99. The molecule has 2 heterocycles. The molecule has 3 N–H and O–H groups in total. The molecule has 2 aromatic rings. The standard InChI is InChI=1S/C14H14Cl2N2O2S/c15-8-1-2-10-9(5-8)11(16)12(18-10)13(19)17-6-14(20)3-4-21-7-14/h1-2,5,18,20H,3-4,6-7H2,(H,17,19). The number of fused-ring (bicyclic) bond motifs is 1. The number of halogens is 2. The van der Waals surface area contributed by atoms with Crippen LogP contribution in [0.25, 0.3) is 10.9 Å². The normalized spacial score (nSPS) is 21.9. The number of carbonyl (C=O) groups is 1. The van der Waals surface area contributed by atoms with E-state index in [0.717, 1.165) is 11.3 Å². The summed E-state index contributed by atoms with van der Waals surface area (Å²) in [6, 6.07) is 5.23. The van der Waals surface area contributed by atoms with Gasteiger partial charge in [0, 0.05) is 28.2 Å². The molecule has 0 bridgehead atoms. The first-order valence-corrected chi connectivity index (χ1v) is 8.45. The van der Waals surface area contributed by atoms with Crippen molar-refractivity contribution in [2.45, 2.75) is 12.0 Å². The van der Waals surface area contributed by atoms with Crippen molar-refractivity contribution in [3.63, 3.8) is 0 Å². The molecule has 1 aromatic carbocycles. The molecule has 1 aliphatic heterocycles. The number of carbonyl (C=O) groups excluding carboxylic acids is 1. The number of aromatic nitrogens is 1. The summed E-state index contributed by atoms with van der Waals surface area (Å²) in [5.74, 6) is 1.24. The zero-order valence-electron chi connectivity index (χ0n) is 11.1. The van der Waals surface area contributed by atoms with E-state index in [1.807, 2.05) is 0 Å². The first-order chi connectivity index (χ1) is 9.98. The summed E-state index contributed by atoms with van der Waals surface area (Å²) < 4.78 is 0. The highest BCUT2D eigenvalue weighted by Gasteiger charge is 2.32. The molecule has 1 aromatic heterocycles. The van der Waals surface area contributed by atoms with Gasteiger partial charge in [0.15, 0.2) is 0 Å². The van der Waals surface area contributed by atoms with Crippen LogP contribution in [-0.4, -0.2) is 39.6 Å². The Kier molecular flexibility index (Phi) is 4.10. The molecule has 4 nitrogen and oxygen atoms in total. The summed E-state index contributed by atoms with van der Waals surface area (Å²) in [6.07, 6.45) is 0.688. The number of hydrogen-bond acceptors (Lipinski definition) is 3. The molecule has 0 aliphatic carbocycles. The third kappa shape index (κ3) is 3.01. The van der Waals surface area contributed by atoms with E-state index in [1.54, 1.807) is 30.0 Å². The van der Waals surface area contributed by atoms with Crippen LogP contribution in [0.15, 0.2) is 18.2 Å². The SMILES string of the molecule is O=C(NCC1(O)CCSC1)c1[nH]c2ccc(Cl)cc2c1Cl. The predicted octanol–water partition coefficient (Wildman–Crippen LogP) is 3.07. The fourth-order valence-electron chi connectivity index (χ4n) is 2.36. The van der Waals surface area contributed by atoms with Gasteiger partial charge in [0.25, 0.3) is 5.91 Å². The largest absolute Gasteiger partial charge is 0.387 e. The lowest BCUT2D eigenvalue weighted by molar-refractivity contribution is 0.0611. The Balaban J connectivity index is 1.80. The molecule has 1 aliphatic rings. The maximum absolute atomic E-state index is 12.2. The van der Waals surface area contributed by atoms with Crippen molar-refractivity contribution in [1.29, 1.82) is 0 Å². The van der Waals surface area contributed by atoms with Crippen LogP contribution in [0.2, 0.25) is 10.0 Å². The molecule has 1 atom stereocenters. The highest BCUT2D eigenvalue weighted by atomic mass is 35.5. The van der Waals surface area contributed by atoms with Crippen molar-refractivity contribution < 1.29 is 9.90 Å². The predicted molar refractivity (Wildman–Crippen MR) is 87.5 cm³/mol. The maximum atomic E-state index is 12.2. The molecular formula is C14H14Cl2N2O2S. The Morgan fingerprint density at radius 1 is 1.48 bits per heavy atom. The van der Waals surface area contributed by atoms with E-state index in [1.165, 1.54) is 0 Å². The Morgan fingerprint density at radius 2 is 2.29 bits per heavy atom. The lowest BCUT2D eigenvalue weighted by Crippen LogP contribution is -2.43. The van der Waals surface area contributed by atoms with Gasteiger partial charge in [0.2, 0.25) is 0 Å². The van der Waals surface area contributed by atoms with Crippen LogP contribution in [0.5, 0.6) is 0 Å². The van der Waals surface area contributed by atoms with Gasteiger partial charge in [0.05, 0.1) is 10.6 Å². The van der Waals surface area contributed by atoms with E-state index < -0.39 is 5.60 Å². The molecule has 21 heavy (non-hydrogen) atoms. The molecule has 1 amide bonds. The van der Waals surface area contributed by atoms with Crippen molar-refractivity contribution in [3.05, 3.63) is 33.9 Å². The van der Waals surface area contributed by atoms with E-state index in [2.05, 4.69) is 10.3 Å². The van der Waals surface area contributed by atoms with Gasteiger partial charge in [-0.2, -0.15) is 11.8 Å². The number of nitrogens with one attached hydrogen (secondary N) is 2. The fraction of sp³-hybridized carbons (Fsp3) is 0.357. The summed E-state index contributed by atoms with van der Waals surface area (Å²) in [5, 5.41) is 14.6. The molecule has 0 spiro atoms. The van der Waals surface area contributed by atoms with Gasteiger partial charge in [-0.1, -0.05) is 23.2 Å². The zero-order valence-corrected chi connectivity index (χ0v) is 13.4. The van der Waals surface area contributed by atoms with E-state index in [0.29, 0.717) is 33.3 Å². The van der Waals surface area contributed by atoms with E-state index in [9.17, 15) is 9.90 Å². The smallest absolute Gasteiger partial charge is 0.269 e. The molecule has 0 saturated carbocycles. The topological polar surface area (TPSA) is 65.1 Å². The van der Waals surface area contributed by atoms with Crippen LogP contribution >= 0.6 is 35.0 Å². The maximum Gasteiger partial charge on any atom is 0.269 e. The molecule has 1 unspecified atom stereocenters. The number of hydrogen-bond donors (Lipinski definition) is 3. The molecule has 112 valence electrons. The second-order valence-corrected chi connectivity index (χ2v) is 7.13. The van der Waals surface area contributed by atoms with Gasteiger partial charge >= 0.3 is 0 Å². The van der Waals surface area contributed by atoms with E-state index in [-0.39, 0.29) is 12.5 Å². The lowest BCUT2D eigenvalue weighted by atomic mass is 10.0. The van der Waals surface area contributed by atoms with Crippen LogP contribution < -0.4 is 5.32 Å². The van der Waals surface area contributed by atoms with Crippen LogP contribution in [0.4, 0.5) is 0 Å². The number of aliphatic hydroxyl groups is 1. The molecule has 7 heteroatoms. The fourth-order valence-corrected chi connectivity index (χ4v) is 4.11. The number of amides is 1. The summed E-state index contributed by atoms with van der Waals surface area (Å²) >= 11 is 13.9. The minimum absolute atomic E-state index is 0.227. The zero-order chi connectivity index (χ0) is 15.0. The molecule has 1 saturated heterocycles. The Labute approximate surface area is 136 Å². The Bertz CT molecular complexity index is 696. The Hall–Kier alpha value is -0.880. The van der Waals surface area contributed by atoms with Gasteiger partial charge in [0.1, 0.15) is 5.69 Å². The number of benzene rings is 1. The van der Waals surface area contributed by atoms with Crippen LogP contribution in [0.3, 0.4) is 0 Å². The number of thioether (sulfide) groups is 1. The monoisotopic (exact) mass is 344 g/mol. The third-order valence-corrected chi connectivity index (χ3v) is 5.45. The third-order valence-electron chi connectivity index (χ3n) is 3.58. The lowest BCUT2D eigenvalue weighted by Gasteiger charge is -2.21. The molecular weight excluding hydrogens is 331 g/mol. The van der Waals surface area contributed by atoms with Gasteiger partial charge in [-0.05, 0) is 30.4 Å². The first kappa shape index (κ1) is 15.0. The van der Waals surface area contributed by atoms with Crippen LogP contribution in [-0.2, 0) is 0 Å². The Morgan fingerprint density at radius 3 is 3.00 bits per heavy atom. The van der Waals surface area contributed by atoms with E-state index >= 15 is 0 Å². The second kappa shape index (κ2) is 5.72. The van der Waals surface area contributed by atoms with Crippen molar-refractivity contribution in [3.8, 4) is 0 Å². The molecule has 1 fully saturated rings. The van der Waals surface area contributed by atoms with Gasteiger partial charge in [-0.25, -0.2) is 0 Å². The minimum Gasteiger partial charge on any atom is -0.387 e. The number of H-pyrrole nitrogens is 1. The van der Waals surface area contributed by atoms with Crippen LogP contribution in [0.1, 0.15) is 16.9 Å². The van der Waals surface area contributed by atoms with Crippen molar-refractivity contribution in [2.75, 3.05) is 18.1 Å². The van der Waals surface area contributed by atoms with Crippen molar-refractivity contribution >= 4 is 51.8 Å². The average Bonchev–Trinajstić information content (AvgIpc) is 3.02. The summed E-state index contributed by atoms with van der Waals surface area (Å²) in [5.41, 5.74) is 0.232. The number of aromatic amines is 1. The summed E-state index contributed by atoms with van der Waals surface area (Å²) in [6.45, 7) is 0.227. The minimum atomic E-state index is -0.817. The number of rotatable bonds is 3. The van der Waals surface area contributed by atoms with Gasteiger partial charge < -0.3 is 15.4 Å². The van der Waals surface area contributed by atoms with Crippen LogP contribution in [0, 0.1) is 0 Å². The highest BCUT2D eigenvalue weighted by Crippen LogP contribution is 2.30. The van der Waals surface area contributed by atoms with E-state index in [4.69, 9.17) is 23.2 Å². The van der Waals surface area contributed by atoms with Gasteiger partial charge in [-0.3, -0.25) is 4.79 Å². The van der Waals surface area contributed by atoms with Gasteiger partial charge in [-0.15, -0.1) is 0 Å². The summed E-state index contributed by atoms with van der Waals surface area (Å²) in [7, 11) is 0. The first-order valence-electron chi connectivity index (χ1n) is 6.54. The molecule has 3 rings (SSSR count). The van der Waals surface area contributed by atoms with Crippen molar-refractivity contribution in [1.82, 2.24) is 10.3 Å². The second-order valence-electron chi connectivity index (χ2n) is 5.21. The average molecular weight is 345 g/mol. The summed E-state index contributed by atoms with van der Waals surface area (Å²) in [4.78, 5) is 15.2. The van der Waals surface area contributed by atoms with Crippen molar-refractivity contribution in [2.24, 2.45) is 0 Å². The molecule has 0 radical (unpaired) electrons. The quantitative estimate of drug-likeness (QED) is 0.801.